The van der Waals surface area contributed by atoms with Crippen LogP contribution in [0, 0.1) is 0 Å². The van der Waals surface area contributed by atoms with Crippen molar-refractivity contribution in [1.29, 1.82) is 0 Å². The van der Waals surface area contributed by atoms with Gasteiger partial charge in [-0.3, -0.25) is 24.1 Å². The van der Waals surface area contributed by atoms with Crippen LogP contribution in [0.4, 0.5) is 0 Å². The molecule has 1 aromatic rings. The molecule has 0 fully saturated rings. The average molecular weight is 674 g/mol. The highest BCUT2D eigenvalue weighted by Crippen LogP contribution is 2.10. The van der Waals surface area contributed by atoms with E-state index in [9.17, 15) is 19.2 Å². The number of hydrogen-bond donors (Lipinski definition) is 8. The summed E-state index contributed by atoms with van der Waals surface area (Å²) >= 11 is 0. The molecule has 264 valence electrons. The number of nitrogens with zero attached hydrogens (tertiary/aromatic N) is 1. The Morgan fingerprint density at radius 2 is 1.24 bits per heavy atom. The fourth-order valence-electron chi connectivity index (χ4n) is 4.38. The van der Waals surface area contributed by atoms with Crippen LogP contribution >= 0.6 is 0 Å². The van der Waals surface area contributed by atoms with Crippen LogP contribution in [0.1, 0.15) is 24.8 Å². The number of allylic oxidation sites excluding steroid dienone is 1. The predicted octanol–water partition coefficient (Wildman–Crippen LogP) is 0.914. The Morgan fingerprint density at radius 3 is 1.88 bits per heavy atom. The van der Waals surface area contributed by atoms with E-state index < -0.39 is 24.3 Å². The summed E-state index contributed by atoms with van der Waals surface area (Å²) in [7, 11) is 0. The Kier molecular flexibility index (Phi) is 17.1. The minimum absolute atomic E-state index is 0.0212. The van der Waals surface area contributed by atoms with Crippen LogP contribution in [0.3, 0.4) is 0 Å². The molecule has 1 unspecified atom stereocenters. The number of nitrogens with one attached hydrogen (secondary N) is 7. The van der Waals surface area contributed by atoms with Crippen LogP contribution in [0.5, 0.6) is 0 Å². The van der Waals surface area contributed by atoms with Crippen LogP contribution in [0.25, 0.3) is 0 Å². The summed E-state index contributed by atoms with van der Waals surface area (Å²) in [5, 5.41) is 21.7. The van der Waals surface area contributed by atoms with Gasteiger partial charge in [-0.15, -0.1) is 0 Å². The van der Waals surface area contributed by atoms with Crippen molar-refractivity contribution in [1.82, 2.24) is 42.1 Å². The highest BCUT2D eigenvalue weighted by molar-refractivity contribution is 6.14. The Labute approximate surface area is 289 Å². The molecule has 1 aromatic carbocycles. The second-order valence-electron chi connectivity index (χ2n) is 11.5. The monoisotopic (exact) mass is 673 g/mol. The fraction of sp³-hybridized carbons (Fsp3) is 0.333. The molecule has 0 bridgehead atoms. The van der Waals surface area contributed by atoms with Gasteiger partial charge in [-0.25, -0.2) is 0 Å². The first-order valence-electron chi connectivity index (χ1n) is 16.0. The number of rotatable bonds is 26. The molecule has 49 heavy (non-hydrogen) atoms. The zero-order chi connectivity index (χ0) is 36.2. The predicted molar refractivity (Wildman–Crippen MR) is 194 cm³/mol. The van der Waals surface area contributed by atoms with Crippen LogP contribution < -0.4 is 43.0 Å². The molecule has 0 aromatic heterocycles. The van der Waals surface area contributed by atoms with Gasteiger partial charge in [0.2, 0.25) is 11.8 Å². The van der Waals surface area contributed by atoms with Crippen LogP contribution in [-0.2, 0) is 25.6 Å². The molecule has 0 radical (unpaired) electrons. The van der Waals surface area contributed by atoms with E-state index in [1.807, 2.05) is 18.2 Å². The lowest BCUT2D eigenvalue weighted by atomic mass is 10.0. The second kappa shape index (κ2) is 21.2. The maximum Gasteiger partial charge on any atom is 0.254 e. The SMILES string of the molecule is C=C(N)CCCNC(=C)CNC(=C)C(Cc1ccccc1)NC(=C)CNC(=C)CNC(=C)CNC(=O)CCNC(=O)CN1C(=O)C=CC1=O. The topological polar surface area (TPSA) is 182 Å². The van der Waals surface area contributed by atoms with E-state index in [2.05, 4.69) is 88.8 Å². The molecule has 1 atom stereocenters. The van der Waals surface area contributed by atoms with Crippen molar-refractivity contribution in [2.24, 2.45) is 5.73 Å². The Balaban J connectivity index is 1.67. The fourth-order valence-corrected chi connectivity index (χ4v) is 4.38. The first kappa shape index (κ1) is 39.5. The van der Waals surface area contributed by atoms with Crippen LogP contribution in [0.2, 0.25) is 0 Å². The maximum atomic E-state index is 12.2. The number of carbonyl (C=O) groups is 4. The molecule has 0 saturated heterocycles. The molecular formula is C36H51N9O4. The number of imide groups is 1. The molecule has 13 heteroatoms. The van der Waals surface area contributed by atoms with Gasteiger partial charge in [-0.1, -0.05) is 69.8 Å². The van der Waals surface area contributed by atoms with E-state index in [-0.39, 0.29) is 31.5 Å². The van der Waals surface area contributed by atoms with Gasteiger partial charge in [0.15, 0.2) is 0 Å². The molecule has 1 aliphatic heterocycles. The van der Waals surface area contributed by atoms with Crippen molar-refractivity contribution in [3.05, 3.63) is 122 Å². The molecule has 9 N–H and O–H groups in total. The normalized spacial score (nSPS) is 12.4. The van der Waals surface area contributed by atoms with E-state index in [1.54, 1.807) is 0 Å². The second-order valence-corrected chi connectivity index (χ2v) is 11.5. The lowest BCUT2D eigenvalue weighted by molar-refractivity contribution is -0.141. The molecule has 4 amide bonds. The summed E-state index contributed by atoms with van der Waals surface area (Å²) in [5.41, 5.74) is 11.1. The molecule has 0 spiro atoms. The maximum absolute atomic E-state index is 12.2. The van der Waals surface area contributed by atoms with Crippen LogP contribution in [-0.4, -0.2) is 80.4 Å². The molecule has 0 aliphatic carbocycles. The van der Waals surface area contributed by atoms with E-state index in [0.717, 1.165) is 59.1 Å². The van der Waals surface area contributed by atoms with Crippen molar-refractivity contribution < 1.29 is 19.2 Å². The van der Waals surface area contributed by atoms with Gasteiger partial charge < -0.3 is 43.0 Å². The first-order chi connectivity index (χ1) is 23.3. The molecule has 2 rings (SSSR count). The number of carbonyl (C=O) groups excluding carboxylic acids is 4. The first-order valence-corrected chi connectivity index (χ1v) is 16.0. The average Bonchev–Trinajstić information content (AvgIpc) is 3.38. The van der Waals surface area contributed by atoms with Gasteiger partial charge >= 0.3 is 0 Å². The van der Waals surface area contributed by atoms with Gasteiger partial charge in [0.25, 0.3) is 11.8 Å². The third kappa shape index (κ3) is 16.6. The quantitative estimate of drug-likeness (QED) is 0.0520. The summed E-state index contributed by atoms with van der Waals surface area (Å²) in [6.07, 6.45) is 4.57. The van der Waals surface area contributed by atoms with E-state index in [1.165, 1.54) is 0 Å². The van der Waals surface area contributed by atoms with Crippen molar-refractivity contribution in [2.75, 3.05) is 45.8 Å². The van der Waals surface area contributed by atoms with E-state index in [0.29, 0.717) is 43.1 Å². The Morgan fingerprint density at radius 1 is 0.673 bits per heavy atom. The summed E-state index contributed by atoms with van der Waals surface area (Å²) < 4.78 is 0. The lowest BCUT2D eigenvalue weighted by Gasteiger charge is -2.26. The van der Waals surface area contributed by atoms with Gasteiger partial charge in [0.1, 0.15) is 6.54 Å². The summed E-state index contributed by atoms with van der Waals surface area (Å²) in [5.74, 6) is -1.91. The summed E-state index contributed by atoms with van der Waals surface area (Å²) in [4.78, 5) is 48.0. The van der Waals surface area contributed by atoms with E-state index in [4.69, 9.17) is 5.73 Å². The molecule has 13 nitrogen and oxygen atoms in total. The zero-order valence-corrected chi connectivity index (χ0v) is 28.3. The number of nitrogens with two attached hydrogens (primary N) is 1. The molecular weight excluding hydrogens is 622 g/mol. The van der Waals surface area contributed by atoms with Gasteiger partial charge in [-0.05, 0) is 24.8 Å². The minimum atomic E-state index is -0.542. The largest absolute Gasteiger partial charge is 0.403 e. The highest BCUT2D eigenvalue weighted by atomic mass is 16.2. The third-order valence-corrected chi connectivity index (χ3v) is 7.14. The van der Waals surface area contributed by atoms with E-state index >= 15 is 0 Å². The highest BCUT2D eigenvalue weighted by Gasteiger charge is 2.25. The van der Waals surface area contributed by atoms with Crippen molar-refractivity contribution in [3.8, 4) is 0 Å². The molecule has 1 heterocycles. The standard InChI is InChI=1S/C36H51N9O4/c1-25(37)11-10-17-38-26(2)21-42-30(6)32(19-31-12-8-7-9-13-31)44-29(5)23-41-27(3)20-40-28(4)22-43-33(46)16-18-39-34(47)24-45-35(48)14-15-36(45)49/h7-9,12-15,32,38,40-42,44H,1-6,10-11,16-24,37H2,(H,39,47)(H,43,46). The van der Waals surface area contributed by atoms with Gasteiger partial charge in [0, 0.05) is 65.8 Å². The number of amides is 4. The molecule has 1 aliphatic rings. The smallest absolute Gasteiger partial charge is 0.254 e. The van der Waals surface area contributed by atoms with Crippen LogP contribution in [0.15, 0.2) is 116 Å². The Bertz CT molecular complexity index is 1420. The summed E-state index contributed by atoms with van der Waals surface area (Å²) in [6.45, 7) is 26.2. The van der Waals surface area contributed by atoms with Crippen molar-refractivity contribution in [2.45, 2.75) is 31.7 Å². The third-order valence-electron chi connectivity index (χ3n) is 7.14. The van der Waals surface area contributed by atoms with Crippen molar-refractivity contribution in [3.63, 3.8) is 0 Å². The molecule has 0 saturated carbocycles. The number of hydrogen-bond acceptors (Lipinski definition) is 10. The summed E-state index contributed by atoms with van der Waals surface area (Å²) in [6, 6.07) is 9.98. The van der Waals surface area contributed by atoms with Crippen molar-refractivity contribution >= 4 is 23.6 Å². The zero-order valence-electron chi connectivity index (χ0n) is 28.3. The Hall–Kier alpha value is -5.72. The number of benzene rings is 1. The van der Waals surface area contributed by atoms with Gasteiger partial charge in [0.05, 0.1) is 32.2 Å². The van der Waals surface area contributed by atoms with Gasteiger partial charge in [-0.2, -0.15) is 0 Å². The lowest BCUT2D eigenvalue weighted by Crippen LogP contribution is -2.41. The minimum Gasteiger partial charge on any atom is -0.403 e.